The first kappa shape index (κ1) is 17.8. The molecular weight excluding hydrogens is 266 g/mol. The number of hydrogen-bond donors (Lipinski definition) is 1. The van der Waals surface area contributed by atoms with E-state index in [0.717, 1.165) is 37.7 Å². The van der Waals surface area contributed by atoms with Crippen molar-refractivity contribution in [2.24, 2.45) is 5.92 Å². The van der Waals surface area contributed by atoms with E-state index in [-0.39, 0.29) is 0 Å². The Labute approximate surface area is 128 Å². The summed E-state index contributed by atoms with van der Waals surface area (Å²) in [6.45, 7) is 8.89. The summed E-state index contributed by atoms with van der Waals surface area (Å²) in [7, 11) is 3.31. The highest BCUT2D eigenvalue weighted by molar-refractivity contribution is 5.43. The predicted octanol–water partition coefficient (Wildman–Crippen LogP) is 3.42. The molecule has 0 heterocycles. The second-order valence-corrected chi connectivity index (χ2v) is 5.50. The van der Waals surface area contributed by atoms with Gasteiger partial charge in [-0.2, -0.15) is 0 Å². The van der Waals surface area contributed by atoms with Gasteiger partial charge in [0, 0.05) is 19.2 Å². The van der Waals surface area contributed by atoms with Crippen LogP contribution in [0.4, 0.5) is 0 Å². The third kappa shape index (κ3) is 5.94. The fraction of sp³-hybridized carbons (Fsp3) is 0.647. The Hall–Kier alpha value is -1.26. The lowest BCUT2D eigenvalue weighted by molar-refractivity contribution is 0.110. The van der Waals surface area contributed by atoms with Gasteiger partial charge in [0.1, 0.15) is 0 Å². The van der Waals surface area contributed by atoms with Crippen molar-refractivity contribution in [1.82, 2.24) is 5.32 Å². The number of benzene rings is 1. The van der Waals surface area contributed by atoms with Gasteiger partial charge in [-0.3, -0.25) is 0 Å². The zero-order valence-corrected chi connectivity index (χ0v) is 13.9. The molecule has 0 spiro atoms. The molecule has 1 rings (SSSR count). The molecule has 0 bridgehead atoms. The van der Waals surface area contributed by atoms with Gasteiger partial charge in [0.25, 0.3) is 0 Å². The van der Waals surface area contributed by atoms with E-state index >= 15 is 0 Å². The van der Waals surface area contributed by atoms with E-state index in [1.807, 2.05) is 12.1 Å². The quantitative estimate of drug-likeness (QED) is 0.671. The average molecular weight is 295 g/mol. The highest BCUT2D eigenvalue weighted by atomic mass is 16.5. The van der Waals surface area contributed by atoms with Gasteiger partial charge in [-0.25, -0.2) is 0 Å². The van der Waals surface area contributed by atoms with Gasteiger partial charge in [-0.1, -0.05) is 26.8 Å². The monoisotopic (exact) mass is 295 g/mol. The predicted molar refractivity (Wildman–Crippen MR) is 86.2 cm³/mol. The molecule has 0 aromatic heterocycles. The number of rotatable bonds is 10. The Kier molecular flexibility index (Phi) is 8.16. The van der Waals surface area contributed by atoms with Crippen molar-refractivity contribution in [3.05, 3.63) is 23.8 Å². The van der Waals surface area contributed by atoms with Gasteiger partial charge in [0.05, 0.1) is 20.8 Å². The lowest BCUT2D eigenvalue weighted by atomic mass is 10.0. The highest BCUT2D eigenvalue weighted by Gasteiger charge is 2.12. The van der Waals surface area contributed by atoms with Crippen LogP contribution in [-0.2, 0) is 4.74 Å². The Morgan fingerprint density at radius 3 is 2.38 bits per heavy atom. The molecule has 1 aromatic rings. The average Bonchev–Trinajstić information content (AvgIpc) is 2.50. The number of ether oxygens (including phenoxy) is 3. The maximum absolute atomic E-state index is 5.60. The van der Waals surface area contributed by atoms with Crippen molar-refractivity contribution in [3.63, 3.8) is 0 Å². The Morgan fingerprint density at radius 2 is 1.81 bits per heavy atom. The van der Waals surface area contributed by atoms with Gasteiger partial charge >= 0.3 is 0 Å². The number of methoxy groups -OCH3 is 2. The van der Waals surface area contributed by atoms with Gasteiger partial charge in [0.2, 0.25) is 0 Å². The molecule has 4 heteroatoms. The summed E-state index contributed by atoms with van der Waals surface area (Å²) < 4.78 is 16.2. The van der Waals surface area contributed by atoms with Crippen LogP contribution in [0.5, 0.6) is 11.5 Å². The van der Waals surface area contributed by atoms with E-state index in [1.165, 1.54) is 5.56 Å². The van der Waals surface area contributed by atoms with Crippen molar-refractivity contribution < 1.29 is 14.2 Å². The van der Waals surface area contributed by atoms with Crippen molar-refractivity contribution in [2.45, 2.75) is 33.2 Å². The fourth-order valence-corrected chi connectivity index (χ4v) is 2.19. The van der Waals surface area contributed by atoms with E-state index in [2.05, 4.69) is 32.2 Å². The highest BCUT2D eigenvalue weighted by Crippen LogP contribution is 2.30. The van der Waals surface area contributed by atoms with Crippen LogP contribution < -0.4 is 14.8 Å². The van der Waals surface area contributed by atoms with Crippen LogP contribution in [0.1, 0.15) is 38.8 Å². The van der Waals surface area contributed by atoms with Gasteiger partial charge in [0.15, 0.2) is 11.5 Å². The van der Waals surface area contributed by atoms with Gasteiger partial charge < -0.3 is 19.5 Å². The van der Waals surface area contributed by atoms with E-state index in [4.69, 9.17) is 14.2 Å². The van der Waals surface area contributed by atoms with Gasteiger partial charge in [-0.15, -0.1) is 0 Å². The molecule has 4 nitrogen and oxygen atoms in total. The van der Waals surface area contributed by atoms with Crippen LogP contribution in [-0.4, -0.2) is 34.0 Å². The molecular formula is C17H29NO3. The van der Waals surface area contributed by atoms with Crippen molar-refractivity contribution in [1.29, 1.82) is 0 Å². The summed E-state index contributed by atoms with van der Waals surface area (Å²) >= 11 is 0. The van der Waals surface area contributed by atoms with Crippen LogP contribution >= 0.6 is 0 Å². The smallest absolute Gasteiger partial charge is 0.161 e. The number of hydrogen-bond acceptors (Lipinski definition) is 4. The fourth-order valence-electron chi connectivity index (χ4n) is 2.19. The van der Waals surface area contributed by atoms with E-state index in [0.29, 0.717) is 12.0 Å². The zero-order valence-electron chi connectivity index (χ0n) is 13.9. The molecule has 0 saturated carbocycles. The molecule has 1 unspecified atom stereocenters. The minimum atomic E-state index is 0.299. The van der Waals surface area contributed by atoms with Crippen LogP contribution in [0, 0.1) is 5.92 Å². The minimum absolute atomic E-state index is 0.299. The Bertz CT molecular complexity index is 407. The van der Waals surface area contributed by atoms with Crippen molar-refractivity contribution >= 4 is 0 Å². The standard InChI is InChI=1S/C17H29NO3/c1-6-15(18-9-10-21-12-13(2)3)14-7-8-16(19-4)17(11-14)20-5/h7-8,11,13,15,18H,6,9-10,12H2,1-5H3. The summed E-state index contributed by atoms with van der Waals surface area (Å²) in [6, 6.07) is 6.37. The van der Waals surface area contributed by atoms with Crippen molar-refractivity contribution in [3.8, 4) is 11.5 Å². The lowest BCUT2D eigenvalue weighted by Crippen LogP contribution is -2.25. The van der Waals surface area contributed by atoms with Crippen molar-refractivity contribution in [2.75, 3.05) is 34.0 Å². The SMILES string of the molecule is CCC(NCCOCC(C)C)c1ccc(OC)c(OC)c1. The normalized spacial score (nSPS) is 12.5. The van der Waals surface area contributed by atoms with Crippen LogP contribution in [0.25, 0.3) is 0 Å². The lowest BCUT2D eigenvalue weighted by Gasteiger charge is -2.19. The van der Waals surface area contributed by atoms with Crippen LogP contribution in [0.2, 0.25) is 0 Å². The summed E-state index contributed by atoms with van der Waals surface area (Å²) in [6.07, 6.45) is 1.01. The third-order valence-electron chi connectivity index (χ3n) is 3.31. The minimum Gasteiger partial charge on any atom is -0.493 e. The van der Waals surface area contributed by atoms with Gasteiger partial charge in [-0.05, 0) is 30.0 Å². The molecule has 1 aromatic carbocycles. The molecule has 0 aliphatic carbocycles. The third-order valence-corrected chi connectivity index (χ3v) is 3.31. The first-order valence-electron chi connectivity index (χ1n) is 7.65. The molecule has 0 aliphatic heterocycles. The molecule has 0 radical (unpaired) electrons. The zero-order chi connectivity index (χ0) is 15.7. The molecule has 21 heavy (non-hydrogen) atoms. The largest absolute Gasteiger partial charge is 0.493 e. The first-order chi connectivity index (χ1) is 10.1. The summed E-state index contributed by atoms with van der Waals surface area (Å²) in [5, 5.41) is 3.53. The Balaban J connectivity index is 2.55. The van der Waals surface area contributed by atoms with Crippen LogP contribution in [0.3, 0.4) is 0 Å². The van der Waals surface area contributed by atoms with Crippen LogP contribution in [0.15, 0.2) is 18.2 Å². The molecule has 0 aliphatic rings. The maximum atomic E-state index is 5.60. The maximum Gasteiger partial charge on any atom is 0.161 e. The van der Waals surface area contributed by atoms with E-state index in [1.54, 1.807) is 14.2 Å². The topological polar surface area (TPSA) is 39.7 Å². The Morgan fingerprint density at radius 1 is 1.10 bits per heavy atom. The molecule has 1 atom stereocenters. The second kappa shape index (κ2) is 9.64. The first-order valence-corrected chi connectivity index (χ1v) is 7.65. The second-order valence-electron chi connectivity index (χ2n) is 5.50. The molecule has 120 valence electrons. The molecule has 0 saturated heterocycles. The summed E-state index contributed by atoms with van der Waals surface area (Å²) in [5.41, 5.74) is 1.21. The summed E-state index contributed by atoms with van der Waals surface area (Å²) in [4.78, 5) is 0. The number of nitrogens with one attached hydrogen (secondary N) is 1. The summed E-state index contributed by atoms with van der Waals surface area (Å²) in [5.74, 6) is 2.11. The molecule has 0 fully saturated rings. The molecule has 0 amide bonds. The van der Waals surface area contributed by atoms with E-state index < -0.39 is 0 Å². The molecule has 1 N–H and O–H groups in total. The van der Waals surface area contributed by atoms with E-state index in [9.17, 15) is 0 Å².